The Morgan fingerprint density at radius 3 is 2.42 bits per heavy atom. The lowest BCUT2D eigenvalue weighted by atomic mass is 9.78. The number of alkyl carbamates (subject to hydrolysis) is 1. The minimum Gasteiger partial charge on any atom is -0.480 e. The Hall–Kier alpha value is -1.26. The summed E-state index contributed by atoms with van der Waals surface area (Å²) < 4.78 is 5.12. The highest BCUT2D eigenvalue weighted by Gasteiger charge is 2.33. The van der Waals surface area contributed by atoms with Gasteiger partial charge in [0.1, 0.15) is 11.6 Å². The number of carboxylic acid groups (broad SMARTS) is 1. The van der Waals surface area contributed by atoms with E-state index >= 15 is 0 Å². The third kappa shape index (κ3) is 5.49. The number of amides is 1. The van der Waals surface area contributed by atoms with Gasteiger partial charge in [-0.15, -0.1) is 0 Å². The summed E-state index contributed by atoms with van der Waals surface area (Å²) in [5.41, 5.74) is -0.618. The number of hydrogen-bond acceptors (Lipinski definition) is 3. The van der Waals surface area contributed by atoms with Gasteiger partial charge in [-0.1, -0.05) is 19.8 Å². The average Bonchev–Trinajstić information content (AvgIpc) is 2.23. The van der Waals surface area contributed by atoms with E-state index in [4.69, 9.17) is 4.74 Å². The van der Waals surface area contributed by atoms with Crippen molar-refractivity contribution < 1.29 is 19.4 Å². The first-order chi connectivity index (χ1) is 8.69. The van der Waals surface area contributed by atoms with Gasteiger partial charge in [-0.2, -0.15) is 0 Å². The van der Waals surface area contributed by atoms with Gasteiger partial charge in [0.15, 0.2) is 0 Å². The largest absolute Gasteiger partial charge is 0.480 e. The molecule has 1 aliphatic rings. The normalized spacial score (nSPS) is 25.5. The second-order valence-electron chi connectivity index (χ2n) is 6.49. The van der Waals surface area contributed by atoms with Crippen molar-refractivity contribution in [1.29, 1.82) is 0 Å². The number of aliphatic carboxylic acids is 1. The molecule has 1 aliphatic carbocycles. The molecule has 19 heavy (non-hydrogen) atoms. The molecule has 0 aromatic heterocycles. The first-order valence-corrected chi connectivity index (χ1v) is 6.91. The molecular weight excluding hydrogens is 246 g/mol. The number of rotatable bonds is 3. The molecule has 5 nitrogen and oxygen atoms in total. The molecule has 0 aromatic carbocycles. The summed E-state index contributed by atoms with van der Waals surface area (Å²) in [5, 5.41) is 11.8. The molecule has 3 unspecified atom stereocenters. The molecular formula is C14H25NO4. The quantitative estimate of drug-likeness (QED) is 0.827. The molecule has 0 heterocycles. The van der Waals surface area contributed by atoms with Crippen LogP contribution in [0.15, 0.2) is 0 Å². The van der Waals surface area contributed by atoms with Crippen molar-refractivity contribution in [2.45, 2.75) is 65.0 Å². The molecule has 0 aromatic rings. The Kier molecular flexibility index (Phi) is 5.20. The zero-order valence-electron chi connectivity index (χ0n) is 12.2. The summed E-state index contributed by atoms with van der Waals surface area (Å²) in [4.78, 5) is 23.0. The second-order valence-corrected chi connectivity index (χ2v) is 6.49. The summed E-state index contributed by atoms with van der Waals surface area (Å²) in [7, 11) is 0. The minimum absolute atomic E-state index is 0.00577. The van der Waals surface area contributed by atoms with E-state index < -0.39 is 23.7 Å². The van der Waals surface area contributed by atoms with Gasteiger partial charge in [0.2, 0.25) is 0 Å². The molecule has 0 radical (unpaired) electrons. The molecule has 0 saturated heterocycles. The lowest BCUT2D eigenvalue weighted by molar-refractivity contribution is -0.141. The summed E-state index contributed by atoms with van der Waals surface area (Å²) in [6, 6.07) is -0.849. The number of carboxylic acids is 1. The van der Waals surface area contributed by atoms with Crippen LogP contribution in [0.1, 0.15) is 53.4 Å². The summed E-state index contributed by atoms with van der Waals surface area (Å²) in [6.07, 6.45) is 3.18. The van der Waals surface area contributed by atoms with Gasteiger partial charge in [0, 0.05) is 0 Å². The number of carbonyl (C=O) groups excluding carboxylic acids is 1. The van der Waals surface area contributed by atoms with Gasteiger partial charge < -0.3 is 15.2 Å². The third-order valence-corrected chi connectivity index (χ3v) is 3.39. The van der Waals surface area contributed by atoms with Crippen molar-refractivity contribution in [3.8, 4) is 0 Å². The van der Waals surface area contributed by atoms with Gasteiger partial charge in [0.05, 0.1) is 0 Å². The summed E-state index contributed by atoms with van der Waals surface area (Å²) >= 11 is 0. The maximum absolute atomic E-state index is 11.7. The standard InChI is InChI=1S/C14H25NO4/c1-9-6-5-7-10(8-9)11(12(16)17)15-13(18)19-14(2,3)4/h9-11H,5-8H2,1-4H3,(H,15,18)(H,16,17). The van der Waals surface area contributed by atoms with Crippen LogP contribution in [0, 0.1) is 11.8 Å². The fraction of sp³-hybridized carbons (Fsp3) is 0.857. The Bertz CT molecular complexity index is 335. The average molecular weight is 271 g/mol. The van der Waals surface area contributed by atoms with E-state index in [1.54, 1.807) is 20.8 Å². The van der Waals surface area contributed by atoms with Gasteiger partial charge in [-0.3, -0.25) is 0 Å². The molecule has 0 bridgehead atoms. The highest BCUT2D eigenvalue weighted by molar-refractivity contribution is 5.80. The zero-order chi connectivity index (χ0) is 14.6. The highest BCUT2D eigenvalue weighted by Crippen LogP contribution is 2.31. The summed E-state index contributed by atoms with van der Waals surface area (Å²) in [5.74, 6) is -0.472. The van der Waals surface area contributed by atoms with E-state index in [2.05, 4.69) is 12.2 Å². The first-order valence-electron chi connectivity index (χ1n) is 6.91. The van der Waals surface area contributed by atoms with E-state index in [-0.39, 0.29) is 5.92 Å². The van der Waals surface area contributed by atoms with Crippen LogP contribution in [0.25, 0.3) is 0 Å². The molecule has 1 fully saturated rings. The van der Waals surface area contributed by atoms with Crippen molar-refractivity contribution in [2.24, 2.45) is 11.8 Å². The van der Waals surface area contributed by atoms with Crippen LogP contribution in [0.3, 0.4) is 0 Å². The van der Waals surface area contributed by atoms with Crippen LogP contribution in [-0.2, 0) is 9.53 Å². The third-order valence-electron chi connectivity index (χ3n) is 3.39. The second kappa shape index (κ2) is 6.26. The minimum atomic E-state index is -0.982. The molecule has 2 N–H and O–H groups in total. The number of ether oxygens (including phenoxy) is 1. The fourth-order valence-electron chi connectivity index (χ4n) is 2.60. The van der Waals surface area contributed by atoms with Crippen molar-refractivity contribution in [1.82, 2.24) is 5.32 Å². The monoisotopic (exact) mass is 271 g/mol. The molecule has 0 aliphatic heterocycles. The van der Waals surface area contributed by atoms with Gasteiger partial charge in [-0.25, -0.2) is 9.59 Å². The van der Waals surface area contributed by atoms with E-state index in [0.717, 1.165) is 25.7 Å². The van der Waals surface area contributed by atoms with E-state index in [1.165, 1.54) is 0 Å². The predicted molar refractivity (Wildman–Crippen MR) is 71.9 cm³/mol. The van der Waals surface area contributed by atoms with Gasteiger partial charge >= 0.3 is 12.1 Å². The fourth-order valence-corrected chi connectivity index (χ4v) is 2.60. The van der Waals surface area contributed by atoms with Crippen molar-refractivity contribution in [3.63, 3.8) is 0 Å². The maximum Gasteiger partial charge on any atom is 0.408 e. The molecule has 0 spiro atoms. The molecule has 5 heteroatoms. The SMILES string of the molecule is CC1CCCC(C(NC(=O)OC(C)(C)C)C(=O)O)C1. The molecule has 1 saturated carbocycles. The number of nitrogens with one attached hydrogen (secondary N) is 1. The zero-order valence-corrected chi connectivity index (χ0v) is 12.2. The lowest BCUT2D eigenvalue weighted by Gasteiger charge is -2.32. The topological polar surface area (TPSA) is 75.6 Å². The highest BCUT2D eigenvalue weighted by atomic mass is 16.6. The smallest absolute Gasteiger partial charge is 0.408 e. The van der Waals surface area contributed by atoms with E-state index in [9.17, 15) is 14.7 Å². The molecule has 110 valence electrons. The van der Waals surface area contributed by atoms with Crippen LogP contribution < -0.4 is 5.32 Å². The van der Waals surface area contributed by atoms with Crippen molar-refractivity contribution in [2.75, 3.05) is 0 Å². The number of hydrogen-bond donors (Lipinski definition) is 2. The lowest BCUT2D eigenvalue weighted by Crippen LogP contribution is -2.48. The van der Waals surface area contributed by atoms with Crippen LogP contribution in [0.5, 0.6) is 0 Å². The Morgan fingerprint density at radius 2 is 1.95 bits per heavy atom. The van der Waals surface area contributed by atoms with Crippen molar-refractivity contribution in [3.05, 3.63) is 0 Å². The van der Waals surface area contributed by atoms with E-state index in [1.807, 2.05) is 0 Å². The Morgan fingerprint density at radius 1 is 1.32 bits per heavy atom. The Labute approximate surface area is 114 Å². The molecule has 1 amide bonds. The maximum atomic E-state index is 11.7. The van der Waals surface area contributed by atoms with Crippen LogP contribution in [0.4, 0.5) is 4.79 Å². The van der Waals surface area contributed by atoms with Crippen molar-refractivity contribution >= 4 is 12.1 Å². The number of carbonyl (C=O) groups is 2. The first kappa shape index (κ1) is 15.8. The summed E-state index contributed by atoms with van der Waals surface area (Å²) in [6.45, 7) is 7.39. The van der Waals surface area contributed by atoms with E-state index in [0.29, 0.717) is 5.92 Å². The molecule has 1 rings (SSSR count). The van der Waals surface area contributed by atoms with Crippen LogP contribution in [-0.4, -0.2) is 28.8 Å². The van der Waals surface area contributed by atoms with Crippen LogP contribution in [0.2, 0.25) is 0 Å². The predicted octanol–water partition coefficient (Wildman–Crippen LogP) is 2.79. The Balaban J connectivity index is 2.62. The van der Waals surface area contributed by atoms with Gasteiger partial charge in [-0.05, 0) is 45.4 Å². The molecule has 3 atom stereocenters. The van der Waals surface area contributed by atoms with Gasteiger partial charge in [0.25, 0.3) is 0 Å². The van der Waals surface area contributed by atoms with Crippen LogP contribution >= 0.6 is 0 Å².